The Balaban J connectivity index is 2.18. The van der Waals surface area contributed by atoms with E-state index in [1.807, 2.05) is 31.2 Å². The van der Waals surface area contributed by atoms with Crippen LogP contribution in [0.1, 0.15) is 15.9 Å². The van der Waals surface area contributed by atoms with Crippen molar-refractivity contribution >= 4 is 22.8 Å². The molecule has 0 bridgehead atoms. The van der Waals surface area contributed by atoms with Crippen LogP contribution in [-0.4, -0.2) is 33.2 Å². The average molecular weight is 366 g/mol. The number of aryl methyl sites for hydroxylation is 2. The van der Waals surface area contributed by atoms with Crippen LogP contribution in [0.3, 0.4) is 0 Å². The number of aromatic nitrogens is 1. The molecule has 0 unspecified atom stereocenters. The second-order valence-corrected chi connectivity index (χ2v) is 6.21. The summed E-state index contributed by atoms with van der Waals surface area (Å²) in [5, 5.41) is 21.6. The molecule has 0 radical (unpaired) electrons. The van der Waals surface area contributed by atoms with E-state index >= 15 is 0 Å². The van der Waals surface area contributed by atoms with Crippen LogP contribution in [0.4, 0.5) is 0 Å². The predicted octanol–water partition coefficient (Wildman–Crippen LogP) is 2.03. The maximum atomic E-state index is 12.6. The van der Waals surface area contributed by atoms with Crippen molar-refractivity contribution in [2.24, 2.45) is 7.05 Å². The van der Waals surface area contributed by atoms with E-state index in [2.05, 4.69) is 5.32 Å². The van der Waals surface area contributed by atoms with Gasteiger partial charge < -0.3 is 20.1 Å². The quantitative estimate of drug-likeness (QED) is 0.655. The lowest BCUT2D eigenvalue weighted by Crippen LogP contribution is -2.35. The number of carboxylic acid groups (broad SMARTS) is 1. The van der Waals surface area contributed by atoms with Gasteiger partial charge in [0.25, 0.3) is 11.5 Å². The Kier molecular flexibility index (Phi) is 4.68. The molecule has 7 nitrogen and oxygen atoms in total. The van der Waals surface area contributed by atoms with Crippen molar-refractivity contribution in [3.05, 3.63) is 63.9 Å². The number of benzene rings is 2. The number of rotatable bonds is 4. The fourth-order valence-corrected chi connectivity index (χ4v) is 3.04. The van der Waals surface area contributed by atoms with Crippen molar-refractivity contribution in [2.45, 2.75) is 6.92 Å². The zero-order chi connectivity index (χ0) is 19.7. The minimum Gasteiger partial charge on any atom is -0.506 e. The number of amides is 1. The van der Waals surface area contributed by atoms with Gasteiger partial charge in [-0.3, -0.25) is 14.4 Å². The summed E-state index contributed by atoms with van der Waals surface area (Å²) in [6, 6.07) is 13.0. The predicted molar refractivity (Wildman–Crippen MR) is 101 cm³/mol. The van der Waals surface area contributed by atoms with E-state index in [9.17, 15) is 19.5 Å². The first-order valence-electron chi connectivity index (χ1n) is 8.23. The fraction of sp³-hybridized carbons (Fsp3) is 0.150. The standard InChI is InChI=1S/C20H18N2O5/c1-11-5-3-4-6-13(11)12-7-8-14-15(9-12)22(2)20(27)17(18(14)25)19(26)21-10-16(23)24/h3-9,25H,10H2,1-2H3,(H,21,26)(H,23,24). The van der Waals surface area contributed by atoms with E-state index in [0.717, 1.165) is 16.7 Å². The molecular formula is C20H18N2O5. The molecular weight excluding hydrogens is 348 g/mol. The van der Waals surface area contributed by atoms with E-state index in [-0.39, 0.29) is 0 Å². The molecule has 0 fully saturated rings. The number of carbonyl (C=O) groups excluding carboxylic acids is 1. The number of nitrogens with zero attached hydrogens (tertiary/aromatic N) is 1. The van der Waals surface area contributed by atoms with Crippen molar-refractivity contribution in [1.29, 1.82) is 0 Å². The maximum absolute atomic E-state index is 12.6. The molecule has 2 aromatic carbocycles. The number of aromatic hydroxyl groups is 1. The molecule has 138 valence electrons. The molecule has 1 aromatic heterocycles. The van der Waals surface area contributed by atoms with Gasteiger partial charge in [0, 0.05) is 12.4 Å². The molecule has 27 heavy (non-hydrogen) atoms. The van der Waals surface area contributed by atoms with Gasteiger partial charge in [-0.2, -0.15) is 0 Å². The lowest BCUT2D eigenvalue weighted by molar-refractivity contribution is -0.135. The summed E-state index contributed by atoms with van der Waals surface area (Å²) < 4.78 is 1.27. The summed E-state index contributed by atoms with van der Waals surface area (Å²) >= 11 is 0. The smallest absolute Gasteiger partial charge is 0.322 e. The Bertz CT molecular complexity index is 1130. The lowest BCUT2D eigenvalue weighted by atomic mass is 9.98. The molecule has 0 aliphatic carbocycles. The molecule has 3 N–H and O–H groups in total. The largest absolute Gasteiger partial charge is 0.506 e. The summed E-state index contributed by atoms with van der Waals surface area (Å²) in [6.07, 6.45) is 0. The van der Waals surface area contributed by atoms with Crippen LogP contribution >= 0.6 is 0 Å². The number of hydrogen-bond donors (Lipinski definition) is 3. The highest BCUT2D eigenvalue weighted by atomic mass is 16.4. The van der Waals surface area contributed by atoms with Gasteiger partial charge in [-0.25, -0.2) is 0 Å². The highest BCUT2D eigenvalue weighted by Gasteiger charge is 2.21. The third kappa shape index (κ3) is 3.27. The fourth-order valence-electron chi connectivity index (χ4n) is 3.04. The number of aliphatic carboxylic acids is 1. The number of hydrogen-bond acceptors (Lipinski definition) is 4. The molecule has 3 rings (SSSR count). The van der Waals surface area contributed by atoms with Gasteiger partial charge in [0.15, 0.2) is 0 Å². The van der Waals surface area contributed by atoms with Crippen LogP contribution in [-0.2, 0) is 11.8 Å². The Morgan fingerprint density at radius 2 is 1.85 bits per heavy atom. The number of nitrogens with one attached hydrogen (secondary N) is 1. The second kappa shape index (κ2) is 6.95. The van der Waals surface area contributed by atoms with Crippen LogP contribution in [0.2, 0.25) is 0 Å². The first kappa shape index (κ1) is 18.2. The SMILES string of the molecule is Cc1ccccc1-c1ccc2c(O)c(C(=O)NCC(=O)O)c(=O)n(C)c2c1. The van der Waals surface area contributed by atoms with Crippen molar-refractivity contribution in [2.75, 3.05) is 6.54 Å². The Hall–Kier alpha value is -3.61. The summed E-state index contributed by atoms with van der Waals surface area (Å²) in [5.41, 5.74) is 2.22. The number of fused-ring (bicyclic) bond motifs is 1. The minimum atomic E-state index is -1.25. The van der Waals surface area contributed by atoms with Crippen molar-refractivity contribution in [1.82, 2.24) is 9.88 Å². The van der Waals surface area contributed by atoms with Gasteiger partial charge in [0.1, 0.15) is 17.9 Å². The van der Waals surface area contributed by atoms with Gasteiger partial charge in [0.2, 0.25) is 0 Å². The zero-order valence-corrected chi connectivity index (χ0v) is 14.8. The van der Waals surface area contributed by atoms with Crippen LogP contribution in [0.25, 0.3) is 22.0 Å². The molecule has 3 aromatic rings. The molecule has 0 aliphatic heterocycles. The Morgan fingerprint density at radius 3 is 2.52 bits per heavy atom. The normalized spacial score (nSPS) is 10.7. The molecule has 7 heteroatoms. The van der Waals surface area contributed by atoms with Crippen LogP contribution in [0, 0.1) is 6.92 Å². The van der Waals surface area contributed by atoms with Crippen LogP contribution in [0.15, 0.2) is 47.3 Å². The second-order valence-electron chi connectivity index (χ2n) is 6.21. The minimum absolute atomic E-state index is 0.329. The van der Waals surface area contributed by atoms with Crippen LogP contribution in [0.5, 0.6) is 5.75 Å². The molecule has 0 saturated carbocycles. The summed E-state index contributed by atoms with van der Waals surface area (Å²) in [4.78, 5) is 35.4. The lowest BCUT2D eigenvalue weighted by Gasteiger charge is -2.13. The number of carbonyl (C=O) groups is 2. The number of carboxylic acids is 1. The van der Waals surface area contributed by atoms with Gasteiger partial charge in [-0.15, -0.1) is 0 Å². The van der Waals surface area contributed by atoms with E-state index in [0.29, 0.717) is 10.9 Å². The van der Waals surface area contributed by atoms with E-state index < -0.39 is 35.3 Å². The van der Waals surface area contributed by atoms with E-state index in [1.165, 1.54) is 11.6 Å². The van der Waals surface area contributed by atoms with Gasteiger partial charge in [-0.1, -0.05) is 30.3 Å². The topological polar surface area (TPSA) is 109 Å². The average Bonchev–Trinajstić information content (AvgIpc) is 2.64. The molecule has 0 aliphatic rings. The number of pyridine rings is 1. The Labute approximate surface area is 154 Å². The Morgan fingerprint density at radius 1 is 1.15 bits per heavy atom. The van der Waals surface area contributed by atoms with E-state index in [4.69, 9.17) is 5.11 Å². The van der Waals surface area contributed by atoms with Gasteiger partial charge in [0.05, 0.1) is 5.52 Å². The summed E-state index contributed by atoms with van der Waals surface area (Å²) in [7, 11) is 1.50. The zero-order valence-electron chi connectivity index (χ0n) is 14.8. The van der Waals surface area contributed by atoms with Crippen LogP contribution < -0.4 is 10.9 Å². The molecule has 0 atom stereocenters. The third-order valence-corrected chi connectivity index (χ3v) is 4.45. The monoisotopic (exact) mass is 366 g/mol. The first-order valence-corrected chi connectivity index (χ1v) is 8.23. The van der Waals surface area contributed by atoms with Gasteiger partial charge in [-0.05, 0) is 35.7 Å². The highest BCUT2D eigenvalue weighted by Crippen LogP contribution is 2.31. The van der Waals surface area contributed by atoms with E-state index in [1.54, 1.807) is 18.2 Å². The van der Waals surface area contributed by atoms with Gasteiger partial charge >= 0.3 is 5.97 Å². The molecule has 0 saturated heterocycles. The third-order valence-electron chi connectivity index (χ3n) is 4.45. The summed E-state index contributed by atoms with van der Waals surface area (Å²) in [6.45, 7) is 1.33. The summed E-state index contributed by atoms with van der Waals surface area (Å²) in [5.74, 6) is -2.64. The van der Waals surface area contributed by atoms with Crippen molar-refractivity contribution in [3.63, 3.8) is 0 Å². The van der Waals surface area contributed by atoms with Crippen molar-refractivity contribution in [3.8, 4) is 16.9 Å². The first-order chi connectivity index (χ1) is 12.8. The molecule has 1 amide bonds. The maximum Gasteiger partial charge on any atom is 0.322 e. The molecule has 0 spiro atoms. The highest BCUT2D eigenvalue weighted by molar-refractivity contribution is 6.03. The molecule has 1 heterocycles. The van der Waals surface area contributed by atoms with Crippen molar-refractivity contribution < 1.29 is 19.8 Å².